The molecule has 0 aromatic carbocycles. The van der Waals surface area contributed by atoms with Gasteiger partial charge in [-0.2, -0.15) is 0 Å². The Morgan fingerprint density at radius 1 is 0.558 bits per heavy atom. The molecule has 0 fully saturated rings. The van der Waals surface area contributed by atoms with E-state index in [-0.39, 0.29) is 37.6 Å². The monoisotopic (exact) mass is 758 g/mol. The number of quaternary nitrogens is 1. The Morgan fingerprint density at radius 2 is 0.923 bits per heavy atom. The Morgan fingerprint density at radius 3 is 1.33 bits per heavy atom. The molecule has 0 aliphatic carbocycles. The third-order valence-corrected chi connectivity index (χ3v) is 9.63. The van der Waals surface area contributed by atoms with Crippen LogP contribution in [-0.4, -0.2) is 79.2 Å². The number of carbonyl (C=O) groups excluding carboxylic acids is 2. The topological polar surface area (TPSA) is 93.1 Å². The lowest BCUT2D eigenvalue weighted by molar-refractivity contribution is -0.896. The van der Waals surface area contributed by atoms with Crippen LogP contribution in [0.4, 0.5) is 0 Å². The van der Waals surface area contributed by atoms with E-state index in [1.807, 2.05) is 14.1 Å². The standard InChI is InChI=1S/C44H84NO6.ClH/c1-5-7-9-11-13-15-17-19-21-23-25-27-29-31-33-35-43(48)50-40-42(38-45(3,4)37-41(47)39-46)51-44(49)36-34-32-30-28-26-24-22-20-18-16-14-12-10-8-6-2;/h19-22,41-42,46-47H,5-18,23-40H2,1-4H3;1H/q+1;/p-1/b21-19-,22-20-;. The molecule has 2 N–H and O–H groups in total. The number of hydrogen-bond donors (Lipinski definition) is 2. The van der Waals surface area contributed by atoms with E-state index < -0.39 is 12.2 Å². The minimum absolute atomic E-state index is 0. The first-order valence-corrected chi connectivity index (χ1v) is 21.5. The minimum atomic E-state index is -0.865. The summed E-state index contributed by atoms with van der Waals surface area (Å²) in [5.41, 5.74) is 0. The summed E-state index contributed by atoms with van der Waals surface area (Å²) in [6, 6.07) is 0. The van der Waals surface area contributed by atoms with E-state index in [2.05, 4.69) is 38.2 Å². The quantitative estimate of drug-likeness (QED) is 0.0288. The van der Waals surface area contributed by atoms with Crippen molar-refractivity contribution in [3.8, 4) is 0 Å². The number of halogens is 1. The van der Waals surface area contributed by atoms with Crippen LogP contribution in [0.15, 0.2) is 24.3 Å². The lowest BCUT2D eigenvalue weighted by Crippen LogP contribution is -3.00. The molecule has 0 radical (unpaired) electrons. The number of nitrogens with zero attached hydrogens (tertiary/aromatic N) is 1. The predicted octanol–water partition coefficient (Wildman–Crippen LogP) is 7.95. The molecular formula is C44H84ClNO6. The van der Waals surface area contributed by atoms with Gasteiger partial charge in [0.05, 0.1) is 20.7 Å². The van der Waals surface area contributed by atoms with Crippen molar-refractivity contribution in [1.82, 2.24) is 0 Å². The van der Waals surface area contributed by atoms with E-state index in [0.29, 0.717) is 30.4 Å². The van der Waals surface area contributed by atoms with Crippen molar-refractivity contribution in [2.24, 2.45) is 0 Å². The smallest absolute Gasteiger partial charge is 0.306 e. The highest BCUT2D eigenvalue weighted by Gasteiger charge is 2.28. The fourth-order valence-corrected chi connectivity index (χ4v) is 6.56. The normalized spacial score (nSPS) is 13.0. The van der Waals surface area contributed by atoms with Crippen molar-refractivity contribution in [2.45, 2.75) is 206 Å². The van der Waals surface area contributed by atoms with E-state index >= 15 is 0 Å². The number of hydrogen-bond acceptors (Lipinski definition) is 6. The number of carbonyl (C=O) groups is 2. The predicted molar refractivity (Wildman–Crippen MR) is 215 cm³/mol. The molecule has 0 amide bonds. The number of aliphatic hydroxyl groups is 2. The second-order valence-corrected chi connectivity index (χ2v) is 15.6. The molecule has 0 bridgehead atoms. The van der Waals surface area contributed by atoms with E-state index in [1.54, 1.807) is 0 Å². The van der Waals surface area contributed by atoms with E-state index in [4.69, 9.17) is 9.47 Å². The number of rotatable bonds is 38. The Kier molecular flexibility index (Phi) is 39.8. The average molecular weight is 759 g/mol. The number of likely N-dealkylation sites (N-methyl/N-ethyl adjacent to an activating group) is 1. The lowest BCUT2D eigenvalue weighted by atomic mass is 10.1. The number of aliphatic hydroxyl groups excluding tert-OH is 2. The van der Waals surface area contributed by atoms with Crippen LogP contribution >= 0.6 is 0 Å². The summed E-state index contributed by atoms with van der Waals surface area (Å²) in [6.07, 6.45) is 40.0. The van der Waals surface area contributed by atoms with Crippen LogP contribution < -0.4 is 12.4 Å². The van der Waals surface area contributed by atoms with Crippen LogP contribution in [0.3, 0.4) is 0 Å². The molecule has 0 aliphatic rings. The molecule has 2 unspecified atom stereocenters. The maximum atomic E-state index is 12.8. The van der Waals surface area contributed by atoms with Gasteiger partial charge >= 0.3 is 11.9 Å². The molecule has 0 aromatic rings. The summed E-state index contributed by atoms with van der Waals surface area (Å²) < 4.78 is 11.7. The molecule has 308 valence electrons. The van der Waals surface area contributed by atoms with Crippen LogP contribution in [0.25, 0.3) is 0 Å². The van der Waals surface area contributed by atoms with Gasteiger partial charge in [0.1, 0.15) is 25.8 Å². The maximum absolute atomic E-state index is 12.8. The van der Waals surface area contributed by atoms with Gasteiger partial charge in [-0.25, -0.2) is 0 Å². The Bertz CT molecular complexity index is 849. The zero-order valence-electron chi connectivity index (χ0n) is 34.4. The largest absolute Gasteiger partial charge is 1.00 e. The van der Waals surface area contributed by atoms with Gasteiger partial charge in [0.15, 0.2) is 6.10 Å². The molecule has 52 heavy (non-hydrogen) atoms. The molecule has 8 heteroatoms. The molecule has 7 nitrogen and oxygen atoms in total. The van der Waals surface area contributed by atoms with Crippen molar-refractivity contribution < 1.29 is 46.2 Å². The van der Waals surface area contributed by atoms with Gasteiger partial charge in [0.2, 0.25) is 0 Å². The van der Waals surface area contributed by atoms with E-state index in [0.717, 1.165) is 51.4 Å². The average Bonchev–Trinajstić information content (AvgIpc) is 3.10. The summed E-state index contributed by atoms with van der Waals surface area (Å²) in [6.45, 7) is 4.89. The Hall–Kier alpha value is -1.41. The van der Waals surface area contributed by atoms with Gasteiger partial charge < -0.3 is 36.6 Å². The van der Waals surface area contributed by atoms with Crippen LogP contribution in [0.1, 0.15) is 194 Å². The number of allylic oxidation sites excluding steroid dienone is 4. The molecule has 0 saturated heterocycles. The minimum Gasteiger partial charge on any atom is -1.00 e. The summed E-state index contributed by atoms with van der Waals surface area (Å²) in [5.74, 6) is -0.528. The number of unbranched alkanes of at least 4 members (excludes halogenated alkanes) is 22. The highest BCUT2D eigenvalue weighted by atomic mass is 35.5. The van der Waals surface area contributed by atoms with Crippen LogP contribution in [0.5, 0.6) is 0 Å². The molecule has 0 saturated carbocycles. The summed E-state index contributed by atoms with van der Waals surface area (Å²) in [7, 11) is 3.83. The van der Waals surface area contributed by atoms with Gasteiger partial charge in [-0.15, -0.1) is 0 Å². The van der Waals surface area contributed by atoms with Crippen molar-refractivity contribution >= 4 is 11.9 Å². The first-order valence-electron chi connectivity index (χ1n) is 21.5. The summed E-state index contributed by atoms with van der Waals surface area (Å²) >= 11 is 0. The number of esters is 2. The zero-order valence-corrected chi connectivity index (χ0v) is 35.2. The highest BCUT2D eigenvalue weighted by molar-refractivity contribution is 5.70. The van der Waals surface area contributed by atoms with E-state index in [1.165, 1.54) is 116 Å². The second-order valence-electron chi connectivity index (χ2n) is 15.6. The Balaban J connectivity index is 0. The molecule has 0 heterocycles. The van der Waals surface area contributed by atoms with Crippen LogP contribution in [0, 0.1) is 0 Å². The SMILES string of the molecule is CCCCCCCC/C=C\CCCCCCCC(=O)OCC(C[N+](C)(C)CC(O)CO)OC(=O)CCCCCCC/C=C\CCCCCCCC.[Cl-]. The van der Waals surface area contributed by atoms with Crippen molar-refractivity contribution in [3.05, 3.63) is 24.3 Å². The third-order valence-electron chi connectivity index (χ3n) is 9.63. The first kappa shape index (κ1) is 52.7. The molecule has 0 spiro atoms. The Labute approximate surface area is 327 Å². The van der Waals surface area contributed by atoms with Crippen LogP contribution in [-0.2, 0) is 19.1 Å². The van der Waals surface area contributed by atoms with Gasteiger partial charge in [-0.05, 0) is 64.2 Å². The summed E-state index contributed by atoms with van der Waals surface area (Å²) in [4.78, 5) is 25.3. The second kappa shape index (κ2) is 39.3. The number of ether oxygens (including phenoxy) is 2. The first-order chi connectivity index (χ1) is 24.7. The van der Waals surface area contributed by atoms with Crippen molar-refractivity contribution in [1.29, 1.82) is 0 Å². The van der Waals surface area contributed by atoms with Crippen LogP contribution in [0.2, 0.25) is 0 Å². The molecule has 2 atom stereocenters. The van der Waals surface area contributed by atoms with Crippen molar-refractivity contribution in [2.75, 3.05) is 40.4 Å². The zero-order chi connectivity index (χ0) is 37.7. The van der Waals surface area contributed by atoms with Crippen molar-refractivity contribution in [3.63, 3.8) is 0 Å². The molecular weight excluding hydrogens is 674 g/mol. The van der Waals surface area contributed by atoms with Gasteiger partial charge in [-0.3, -0.25) is 9.59 Å². The van der Waals surface area contributed by atoms with Gasteiger partial charge in [0.25, 0.3) is 0 Å². The molecule has 0 aromatic heterocycles. The highest BCUT2D eigenvalue weighted by Crippen LogP contribution is 2.14. The third kappa shape index (κ3) is 38.3. The van der Waals surface area contributed by atoms with Gasteiger partial charge in [-0.1, -0.05) is 141 Å². The lowest BCUT2D eigenvalue weighted by Gasteiger charge is -2.34. The molecule has 0 rings (SSSR count). The van der Waals surface area contributed by atoms with Gasteiger partial charge in [0, 0.05) is 12.8 Å². The molecule has 0 aliphatic heterocycles. The maximum Gasteiger partial charge on any atom is 0.306 e. The summed E-state index contributed by atoms with van der Waals surface area (Å²) in [5, 5.41) is 19.3. The fourth-order valence-electron chi connectivity index (χ4n) is 6.56. The fraction of sp³-hybridized carbons (Fsp3) is 0.864. The van der Waals surface area contributed by atoms with E-state index in [9.17, 15) is 19.8 Å².